The van der Waals surface area contributed by atoms with Crippen LogP contribution < -0.4 is 19.7 Å². The first kappa shape index (κ1) is 18.3. The second kappa shape index (κ2) is 7.54. The first-order valence-corrected chi connectivity index (χ1v) is 9.62. The monoisotopic (exact) mass is 380 g/mol. The summed E-state index contributed by atoms with van der Waals surface area (Å²) in [6.45, 7) is 4.89. The number of hydrogen-bond donors (Lipinski definition) is 1. The number of benzene rings is 2. The van der Waals surface area contributed by atoms with Gasteiger partial charge in [-0.2, -0.15) is 0 Å². The van der Waals surface area contributed by atoms with Gasteiger partial charge in [0.1, 0.15) is 6.04 Å². The van der Waals surface area contributed by atoms with Crippen molar-refractivity contribution in [3.63, 3.8) is 0 Å². The fraction of sp³-hybridized carbons (Fsp3) is 0.364. The van der Waals surface area contributed by atoms with E-state index in [0.717, 1.165) is 12.1 Å². The fourth-order valence-electron chi connectivity index (χ4n) is 3.73. The number of fused-ring (bicyclic) bond motifs is 2. The number of anilines is 1. The van der Waals surface area contributed by atoms with Crippen LogP contribution in [0.1, 0.15) is 36.2 Å². The van der Waals surface area contributed by atoms with Crippen molar-refractivity contribution in [2.24, 2.45) is 5.92 Å². The minimum absolute atomic E-state index is 0.0623. The van der Waals surface area contributed by atoms with Crippen LogP contribution in [0.4, 0.5) is 5.69 Å². The fourth-order valence-corrected chi connectivity index (χ4v) is 3.73. The molecule has 6 heteroatoms. The Hall–Kier alpha value is -3.02. The van der Waals surface area contributed by atoms with Crippen LogP contribution in [0.15, 0.2) is 42.5 Å². The summed E-state index contributed by atoms with van der Waals surface area (Å²) in [5.74, 6) is 1.09. The summed E-state index contributed by atoms with van der Waals surface area (Å²) in [5, 5.41) is 2.94. The second-order valence-electron chi connectivity index (χ2n) is 7.59. The summed E-state index contributed by atoms with van der Waals surface area (Å²) in [5.41, 5.74) is 2.56. The molecule has 1 atom stereocenters. The van der Waals surface area contributed by atoms with E-state index in [9.17, 15) is 9.59 Å². The van der Waals surface area contributed by atoms with Crippen LogP contribution in [0.5, 0.6) is 11.5 Å². The Labute approximate surface area is 164 Å². The van der Waals surface area contributed by atoms with Gasteiger partial charge in [-0.1, -0.05) is 32.0 Å². The van der Waals surface area contributed by atoms with Crippen molar-refractivity contribution >= 4 is 17.5 Å². The minimum Gasteiger partial charge on any atom is -0.454 e. The molecule has 2 aliphatic heterocycles. The third kappa shape index (κ3) is 3.54. The van der Waals surface area contributed by atoms with Gasteiger partial charge in [-0.15, -0.1) is 0 Å². The molecule has 0 aromatic heterocycles. The van der Waals surface area contributed by atoms with Crippen LogP contribution in [-0.4, -0.2) is 31.2 Å². The SMILES string of the molecule is CC(C)C[C@H](NC(=O)c1ccc2c(c1)OCO2)C(=O)N1CCc2ccccc21. The molecule has 28 heavy (non-hydrogen) atoms. The summed E-state index contributed by atoms with van der Waals surface area (Å²) in [4.78, 5) is 27.9. The largest absolute Gasteiger partial charge is 0.454 e. The zero-order valence-electron chi connectivity index (χ0n) is 16.1. The molecule has 4 rings (SSSR count). The number of carbonyl (C=O) groups is 2. The van der Waals surface area contributed by atoms with Crippen molar-refractivity contribution in [2.75, 3.05) is 18.2 Å². The Morgan fingerprint density at radius 1 is 1.11 bits per heavy atom. The number of nitrogens with one attached hydrogen (secondary N) is 1. The topological polar surface area (TPSA) is 67.9 Å². The summed E-state index contributed by atoms with van der Waals surface area (Å²) >= 11 is 0. The average molecular weight is 380 g/mol. The highest BCUT2D eigenvalue weighted by atomic mass is 16.7. The zero-order valence-corrected chi connectivity index (χ0v) is 16.1. The highest BCUT2D eigenvalue weighted by molar-refractivity contribution is 6.03. The van der Waals surface area contributed by atoms with E-state index in [2.05, 4.69) is 5.32 Å². The molecule has 2 amide bonds. The molecule has 0 saturated carbocycles. The van der Waals surface area contributed by atoms with Gasteiger partial charge in [0.15, 0.2) is 11.5 Å². The molecule has 2 heterocycles. The van der Waals surface area contributed by atoms with E-state index in [4.69, 9.17) is 9.47 Å². The zero-order chi connectivity index (χ0) is 19.7. The molecule has 6 nitrogen and oxygen atoms in total. The standard InChI is InChI=1S/C22H24N2O4/c1-14(2)11-17(22(26)24-10-9-15-5-3-4-6-18(15)24)23-21(25)16-7-8-19-20(12-16)28-13-27-19/h3-8,12,14,17H,9-11,13H2,1-2H3,(H,23,25)/t17-/m0/s1. The summed E-state index contributed by atoms with van der Waals surface area (Å²) < 4.78 is 10.6. The van der Waals surface area contributed by atoms with Gasteiger partial charge < -0.3 is 19.7 Å². The molecule has 0 aliphatic carbocycles. The molecule has 1 N–H and O–H groups in total. The van der Waals surface area contributed by atoms with E-state index in [1.54, 1.807) is 23.1 Å². The second-order valence-corrected chi connectivity index (χ2v) is 7.59. The van der Waals surface area contributed by atoms with E-state index in [-0.39, 0.29) is 24.5 Å². The van der Waals surface area contributed by atoms with Crippen molar-refractivity contribution in [1.82, 2.24) is 5.32 Å². The van der Waals surface area contributed by atoms with Crippen molar-refractivity contribution in [2.45, 2.75) is 32.7 Å². The third-order valence-electron chi connectivity index (χ3n) is 5.10. The van der Waals surface area contributed by atoms with E-state index >= 15 is 0 Å². The van der Waals surface area contributed by atoms with E-state index in [1.165, 1.54) is 5.56 Å². The highest BCUT2D eigenvalue weighted by Crippen LogP contribution is 2.33. The van der Waals surface area contributed by atoms with Gasteiger partial charge in [-0.3, -0.25) is 9.59 Å². The summed E-state index contributed by atoms with van der Waals surface area (Å²) in [7, 11) is 0. The van der Waals surface area contributed by atoms with E-state index in [0.29, 0.717) is 30.0 Å². The van der Waals surface area contributed by atoms with Crippen LogP contribution in [0.25, 0.3) is 0 Å². The van der Waals surface area contributed by atoms with Gasteiger partial charge in [0, 0.05) is 17.8 Å². The van der Waals surface area contributed by atoms with Crippen molar-refractivity contribution in [3.8, 4) is 11.5 Å². The van der Waals surface area contributed by atoms with Gasteiger partial charge >= 0.3 is 0 Å². The molecular weight excluding hydrogens is 356 g/mol. The number of hydrogen-bond acceptors (Lipinski definition) is 4. The molecule has 2 aliphatic rings. The van der Waals surface area contributed by atoms with Crippen LogP contribution in [0.2, 0.25) is 0 Å². The first-order chi connectivity index (χ1) is 13.5. The minimum atomic E-state index is -0.580. The van der Waals surface area contributed by atoms with Crippen LogP contribution in [-0.2, 0) is 11.2 Å². The smallest absolute Gasteiger partial charge is 0.252 e. The van der Waals surface area contributed by atoms with Gasteiger partial charge in [0.2, 0.25) is 12.7 Å². The average Bonchev–Trinajstić information content (AvgIpc) is 3.32. The van der Waals surface area contributed by atoms with Crippen molar-refractivity contribution < 1.29 is 19.1 Å². The lowest BCUT2D eigenvalue weighted by atomic mass is 10.0. The Balaban J connectivity index is 1.53. The molecule has 0 spiro atoms. The third-order valence-corrected chi connectivity index (χ3v) is 5.10. The normalized spacial score (nSPS) is 15.5. The molecule has 2 aromatic rings. The van der Waals surface area contributed by atoms with Gasteiger partial charge in [-0.05, 0) is 48.6 Å². The lowest BCUT2D eigenvalue weighted by Crippen LogP contribution is -2.49. The van der Waals surface area contributed by atoms with Crippen LogP contribution >= 0.6 is 0 Å². The number of ether oxygens (including phenoxy) is 2. The maximum atomic E-state index is 13.3. The molecule has 0 radical (unpaired) electrons. The molecule has 146 valence electrons. The maximum absolute atomic E-state index is 13.3. The Bertz CT molecular complexity index is 909. The highest BCUT2D eigenvalue weighted by Gasteiger charge is 2.31. The lowest BCUT2D eigenvalue weighted by molar-refractivity contribution is -0.120. The number of carbonyl (C=O) groups excluding carboxylic acids is 2. The van der Waals surface area contributed by atoms with Crippen LogP contribution in [0, 0.1) is 5.92 Å². The predicted molar refractivity (Wildman–Crippen MR) is 106 cm³/mol. The Morgan fingerprint density at radius 2 is 1.89 bits per heavy atom. The molecular formula is C22H24N2O4. The molecule has 0 unspecified atom stereocenters. The Morgan fingerprint density at radius 3 is 2.71 bits per heavy atom. The Kier molecular flexibility index (Phi) is 4.94. The van der Waals surface area contributed by atoms with Gasteiger partial charge in [0.25, 0.3) is 5.91 Å². The van der Waals surface area contributed by atoms with Crippen molar-refractivity contribution in [1.29, 1.82) is 0 Å². The van der Waals surface area contributed by atoms with Crippen LogP contribution in [0.3, 0.4) is 0 Å². The molecule has 0 saturated heterocycles. The summed E-state index contributed by atoms with van der Waals surface area (Å²) in [6, 6.07) is 12.4. The molecule has 2 aromatic carbocycles. The van der Waals surface area contributed by atoms with Gasteiger partial charge in [0.05, 0.1) is 0 Å². The number of amides is 2. The van der Waals surface area contributed by atoms with Gasteiger partial charge in [-0.25, -0.2) is 0 Å². The first-order valence-electron chi connectivity index (χ1n) is 9.62. The van der Waals surface area contributed by atoms with E-state index < -0.39 is 6.04 Å². The molecule has 0 bridgehead atoms. The maximum Gasteiger partial charge on any atom is 0.252 e. The predicted octanol–water partition coefficient (Wildman–Crippen LogP) is 3.15. The van der Waals surface area contributed by atoms with E-state index in [1.807, 2.05) is 38.1 Å². The number of rotatable bonds is 5. The summed E-state index contributed by atoms with van der Waals surface area (Å²) in [6.07, 6.45) is 1.42. The lowest BCUT2D eigenvalue weighted by Gasteiger charge is -2.26. The van der Waals surface area contributed by atoms with Crippen molar-refractivity contribution in [3.05, 3.63) is 53.6 Å². The quantitative estimate of drug-likeness (QED) is 0.865. The number of para-hydroxylation sites is 1. The molecule has 0 fully saturated rings. The number of nitrogens with zero attached hydrogens (tertiary/aromatic N) is 1.